The number of aromatic nitrogens is 2. The predicted octanol–water partition coefficient (Wildman–Crippen LogP) is 4.15. The maximum absolute atomic E-state index is 13.6. The molecule has 3 atom stereocenters. The van der Waals surface area contributed by atoms with Crippen LogP contribution in [0.15, 0.2) is 60.3 Å². The van der Waals surface area contributed by atoms with Crippen molar-refractivity contribution in [1.29, 1.82) is 5.26 Å². The standard InChI is InChI=1S/C21H20FN3O/c1-14-10-17(22)6-7-18(14)21(26)9-8-19(25-13-24-12-20(21)25)16-4-2-15(11-23)3-5-16/h2-7,12-14,19,26H,8-10H2,1H3/t14?,19-,21?/m1/s1. The molecule has 1 aromatic carbocycles. The Labute approximate surface area is 151 Å². The molecule has 4 rings (SSSR count). The summed E-state index contributed by atoms with van der Waals surface area (Å²) in [5.41, 5.74) is 2.17. The molecule has 1 N–H and O–H groups in total. The molecule has 2 aliphatic rings. The molecule has 0 saturated heterocycles. The zero-order chi connectivity index (χ0) is 18.3. The molecule has 4 nitrogen and oxygen atoms in total. The number of hydrogen-bond acceptors (Lipinski definition) is 3. The van der Waals surface area contributed by atoms with E-state index in [-0.39, 0.29) is 17.8 Å². The van der Waals surface area contributed by atoms with Gasteiger partial charge in [0.25, 0.3) is 0 Å². The van der Waals surface area contributed by atoms with Gasteiger partial charge >= 0.3 is 0 Å². The van der Waals surface area contributed by atoms with Gasteiger partial charge in [0.2, 0.25) is 0 Å². The Kier molecular flexibility index (Phi) is 4.01. The van der Waals surface area contributed by atoms with E-state index in [9.17, 15) is 9.50 Å². The lowest BCUT2D eigenvalue weighted by molar-refractivity contribution is 0.0281. The fourth-order valence-corrected chi connectivity index (χ4v) is 4.25. The number of rotatable bonds is 2. The average Bonchev–Trinajstić information content (AvgIpc) is 3.13. The Hall–Kier alpha value is -2.71. The summed E-state index contributed by atoms with van der Waals surface area (Å²) in [5.74, 6) is -0.204. The second-order valence-corrected chi connectivity index (χ2v) is 7.18. The molecule has 0 saturated carbocycles. The van der Waals surface area contributed by atoms with E-state index in [4.69, 9.17) is 5.26 Å². The van der Waals surface area contributed by atoms with Crippen LogP contribution in [0.4, 0.5) is 4.39 Å². The Morgan fingerprint density at radius 2 is 2.08 bits per heavy atom. The summed E-state index contributed by atoms with van der Waals surface area (Å²) >= 11 is 0. The van der Waals surface area contributed by atoms with E-state index in [1.54, 1.807) is 18.6 Å². The van der Waals surface area contributed by atoms with E-state index in [0.717, 1.165) is 23.3 Å². The van der Waals surface area contributed by atoms with Crippen LogP contribution in [-0.2, 0) is 5.60 Å². The fourth-order valence-electron chi connectivity index (χ4n) is 4.25. The fraction of sp³-hybridized carbons (Fsp3) is 0.333. The highest BCUT2D eigenvalue weighted by Crippen LogP contribution is 2.47. The Bertz CT molecular complexity index is 935. The van der Waals surface area contributed by atoms with Crippen LogP contribution in [0.1, 0.15) is 49.0 Å². The smallest absolute Gasteiger partial charge is 0.128 e. The number of fused-ring (bicyclic) bond motifs is 1. The summed E-state index contributed by atoms with van der Waals surface area (Å²) in [5, 5.41) is 20.5. The first-order chi connectivity index (χ1) is 12.5. The lowest BCUT2D eigenvalue weighted by atomic mass is 9.73. The third-order valence-electron chi connectivity index (χ3n) is 5.58. The highest BCUT2D eigenvalue weighted by molar-refractivity contribution is 5.39. The highest BCUT2D eigenvalue weighted by atomic mass is 19.1. The first-order valence-corrected chi connectivity index (χ1v) is 8.84. The molecule has 0 fully saturated rings. The van der Waals surface area contributed by atoms with Crippen molar-refractivity contribution in [3.8, 4) is 6.07 Å². The molecule has 0 spiro atoms. The summed E-state index contributed by atoms with van der Waals surface area (Å²) in [6.45, 7) is 1.95. The van der Waals surface area contributed by atoms with Crippen LogP contribution < -0.4 is 0 Å². The number of allylic oxidation sites excluding steroid dienone is 3. The van der Waals surface area contributed by atoms with Gasteiger partial charge in [-0.1, -0.05) is 25.1 Å². The van der Waals surface area contributed by atoms with Crippen LogP contribution in [0.2, 0.25) is 0 Å². The molecular formula is C21H20FN3O. The van der Waals surface area contributed by atoms with E-state index >= 15 is 0 Å². The van der Waals surface area contributed by atoms with Gasteiger partial charge < -0.3 is 9.67 Å². The average molecular weight is 349 g/mol. The SMILES string of the molecule is CC1CC(F)=CC=C1C1(O)CC[C@H](c2ccc(C#N)cc2)n2cncc21. The monoisotopic (exact) mass is 349 g/mol. The predicted molar refractivity (Wildman–Crippen MR) is 95.7 cm³/mol. The quantitative estimate of drug-likeness (QED) is 0.886. The van der Waals surface area contributed by atoms with Crippen LogP contribution in [0, 0.1) is 17.2 Å². The lowest BCUT2D eigenvalue weighted by Gasteiger charge is -2.41. The second-order valence-electron chi connectivity index (χ2n) is 7.18. The van der Waals surface area contributed by atoms with Gasteiger partial charge in [0, 0.05) is 6.42 Å². The van der Waals surface area contributed by atoms with E-state index < -0.39 is 5.60 Å². The first kappa shape index (κ1) is 16.7. The molecule has 0 bridgehead atoms. The van der Waals surface area contributed by atoms with Gasteiger partial charge in [-0.15, -0.1) is 0 Å². The van der Waals surface area contributed by atoms with Crippen molar-refractivity contribution in [1.82, 2.24) is 9.55 Å². The lowest BCUT2D eigenvalue weighted by Crippen LogP contribution is -2.39. The van der Waals surface area contributed by atoms with Crippen LogP contribution in [0.25, 0.3) is 0 Å². The van der Waals surface area contributed by atoms with Crippen molar-refractivity contribution >= 4 is 0 Å². The molecule has 0 amide bonds. The molecule has 132 valence electrons. The number of nitrogens with zero attached hydrogens (tertiary/aromatic N) is 3. The van der Waals surface area contributed by atoms with Gasteiger partial charge in [0.15, 0.2) is 0 Å². The Morgan fingerprint density at radius 3 is 2.77 bits per heavy atom. The van der Waals surface area contributed by atoms with Crippen LogP contribution in [0.3, 0.4) is 0 Å². The summed E-state index contributed by atoms with van der Waals surface area (Å²) in [6.07, 6.45) is 8.24. The number of halogens is 1. The number of benzene rings is 1. The summed E-state index contributed by atoms with van der Waals surface area (Å²) in [7, 11) is 0. The van der Waals surface area contributed by atoms with Gasteiger partial charge in [-0.3, -0.25) is 0 Å². The molecule has 2 heterocycles. The number of imidazole rings is 1. The van der Waals surface area contributed by atoms with Crippen LogP contribution >= 0.6 is 0 Å². The van der Waals surface area contributed by atoms with E-state index in [1.165, 1.54) is 6.08 Å². The first-order valence-electron chi connectivity index (χ1n) is 8.84. The van der Waals surface area contributed by atoms with Crippen molar-refractivity contribution in [2.45, 2.75) is 37.8 Å². The highest BCUT2D eigenvalue weighted by Gasteiger charge is 2.44. The van der Waals surface area contributed by atoms with Crippen LogP contribution in [0.5, 0.6) is 0 Å². The van der Waals surface area contributed by atoms with E-state index in [1.807, 2.05) is 35.8 Å². The minimum Gasteiger partial charge on any atom is -0.379 e. The van der Waals surface area contributed by atoms with Crippen molar-refractivity contribution < 1.29 is 9.50 Å². The van der Waals surface area contributed by atoms with Gasteiger partial charge in [0.05, 0.1) is 35.9 Å². The number of aliphatic hydroxyl groups is 1. The minimum atomic E-state index is -1.13. The third-order valence-corrected chi connectivity index (χ3v) is 5.58. The zero-order valence-electron chi connectivity index (χ0n) is 14.6. The number of nitriles is 1. The molecule has 26 heavy (non-hydrogen) atoms. The Morgan fingerprint density at radius 1 is 1.31 bits per heavy atom. The molecule has 1 aliphatic carbocycles. The normalized spacial score (nSPS) is 27.9. The number of hydrogen-bond donors (Lipinski definition) is 1. The van der Waals surface area contributed by atoms with Gasteiger partial charge in [-0.05, 0) is 48.1 Å². The van der Waals surface area contributed by atoms with Gasteiger partial charge in [-0.25, -0.2) is 9.37 Å². The van der Waals surface area contributed by atoms with Crippen molar-refractivity contribution in [2.75, 3.05) is 0 Å². The largest absolute Gasteiger partial charge is 0.379 e. The Balaban J connectivity index is 1.74. The van der Waals surface area contributed by atoms with Gasteiger partial charge in [0.1, 0.15) is 11.4 Å². The second kappa shape index (κ2) is 6.22. The molecular weight excluding hydrogens is 329 g/mol. The topological polar surface area (TPSA) is 61.8 Å². The third kappa shape index (κ3) is 2.58. The summed E-state index contributed by atoms with van der Waals surface area (Å²) < 4.78 is 15.6. The van der Waals surface area contributed by atoms with Crippen molar-refractivity contribution in [2.24, 2.45) is 5.92 Å². The maximum Gasteiger partial charge on any atom is 0.128 e. The zero-order valence-corrected chi connectivity index (χ0v) is 14.6. The minimum absolute atomic E-state index is 0.0557. The van der Waals surface area contributed by atoms with Crippen LogP contribution in [-0.4, -0.2) is 14.7 Å². The molecule has 1 aliphatic heterocycles. The summed E-state index contributed by atoms with van der Waals surface area (Å²) in [6, 6.07) is 9.73. The molecule has 2 aromatic rings. The van der Waals surface area contributed by atoms with Gasteiger partial charge in [-0.2, -0.15) is 5.26 Å². The van der Waals surface area contributed by atoms with E-state index in [2.05, 4.69) is 11.1 Å². The molecule has 2 unspecified atom stereocenters. The summed E-state index contributed by atoms with van der Waals surface area (Å²) in [4.78, 5) is 4.28. The molecule has 0 radical (unpaired) electrons. The van der Waals surface area contributed by atoms with Crippen molar-refractivity contribution in [3.63, 3.8) is 0 Å². The molecule has 5 heteroatoms. The molecule has 1 aromatic heterocycles. The maximum atomic E-state index is 13.6. The van der Waals surface area contributed by atoms with Crippen molar-refractivity contribution in [3.05, 3.63) is 77.2 Å². The van der Waals surface area contributed by atoms with E-state index in [0.29, 0.717) is 18.4 Å².